The number of hydrogen-bond donors (Lipinski definition) is 2. The topological polar surface area (TPSA) is 50.1 Å². The molecule has 6 heteroatoms. The van der Waals surface area contributed by atoms with Gasteiger partial charge in [0, 0.05) is 23.4 Å². The molecule has 2 aromatic rings. The molecule has 116 valence electrons. The number of benzene rings is 1. The summed E-state index contributed by atoms with van der Waals surface area (Å²) in [5, 5.41) is 13.8. The average Bonchev–Trinajstić information content (AvgIpc) is 2.76. The zero-order valence-corrected chi connectivity index (χ0v) is 14.4. The molecule has 2 N–H and O–H groups in total. The summed E-state index contributed by atoms with van der Waals surface area (Å²) in [6.07, 6.45) is 2.01. The van der Waals surface area contributed by atoms with E-state index >= 15 is 0 Å². The number of halogens is 1. The average molecular weight is 328 g/mol. The second kappa shape index (κ2) is 7.01. The van der Waals surface area contributed by atoms with Crippen molar-refractivity contribution in [1.29, 1.82) is 0 Å². The van der Waals surface area contributed by atoms with Gasteiger partial charge in [-0.25, -0.2) is 4.98 Å². The number of aliphatic hydroxyl groups excluding tert-OH is 1. The first-order valence-electron chi connectivity index (χ1n) is 6.99. The van der Waals surface area contributed by atoms with Crippen molar-refractivity contribution < 1.29 is 5.11 Å². The van der Waals surface area contributed by atoms with E-state index in [2.05, 4.69) is 28.7 Å². The van der Waals surface area contributed by atoms with Crippen LogP contribution in [-0.2, 0) is 7.05 Å². The van der Waals surface area contributed by atoms with Gasteiger partial charge in [0.1, 0.15) is 5.82 Å². The molecular formula is C15H22ClN3OS. The molecule has 0 aliphatic carbocycles. The van der Waals surface area contributed by atoms with E-state index in [1.54, 1.807) is 11.8 Å². The Balaban J connectivity index is 2.23. The minimum absolute atomic E-state index is 0.0948. The van der Waals surface area contributed by atoms with Crippen molar-refractivity contribution in [3.8, 4) is 0 Å². The highest BCUT2D eigenvalue weighted by Crippen LogP contribution is 2.23. The van der Waals surface area contributed by atoms with E-state index in [1.807, 2.05) is 31.5 Å². The van der Waals surface area contributed by atoms with E-state index in [9.17, 15) is 5.11 Å². The maximum atomic E-state index is 9.38. The lowest BCUT2D eigenvalue weighted by Gasteiger charge is -2.25. The quantitative estimate of drug-likeness (QED) is 0.856. The summed E-state index contributed by atoms with van der Waals surface area (Å²) in [5.41, 5.74) is 1.98. The maximum absolute atomic E-state index is 9.38. The van der Waals surface area contributed by atoms with Crippen molar-refractivity contribution in [2.45, 2.75) is 31.2 Å². The predicted molar refractivity (Wildman–Crippen MR) is 91.1 cm³/mol. The van der Waals surface area contributed by atoms with Gasteiger partial charge < -0.3 is 15.0 Å². The number of hydrogen-bond acceptors (Lipinski definition) is 4. The molecule has 0 aliphatic rings. The van der Waals surface area contributed by atoms with Crippen molar-refractivity contribution in [3.05, 3.63) is 29.0 Å². The number of nitrogens with one attached hydrogen (secondary N) is 1. The lowest BCUT2D eigenvalue weighted by Crippen LogP contribution is -2.39. The van der Waals surface area contributed by atoms with Crippen LogP contribution in [0.5, 0.6) is 0 Å². The number of aliphatic hydroxyl groups is 1. The van der Waals surface area contributed by atoms with Gasteiger partial charge in [0.25, 0.3) is 0 Å². The van der Waals surface area contributed by atoms with E-state index in [0.29, 0.717) is 5.02 Å². The van der Waals surface area contributed by atoms with Gasteiger partial charge in [-0.05, 0) is 38.3 Å². The molecule has 21 heavy (non-hydrogen) atoms. The van der Waals surface area contributed by atoms with E-state index in [-0.39, 0.29) is 23.9 Å². The van der Waals surface area contributed by atoms with Crippen LogP contribution in [0, 0.1) is 0 Å². The largest absolute Gasteiger partial charge is 0.395 e. The van der Waals surface area contributed by atoms with Crippen LogP contribution in [0.3, 0.4) is 0 Å². The van der Waals surface area contributed by atoms with Gasteiger partial charge >= 0.3 is 0 Å². The van der Waals surface area contributed by atoms with Gasteiger partial charge in [0.05, 0.1) is 23.7 Å². The first-order valence-corrected chi connectivity index (χ1v) is 8.66. The molecule has 0 unspecified atom stereocenters. The monoisotopic (exact) mass is 327 g/mol. The zero-order valence-electron chi connectivity index (χ0n) is 12.8. The second-order valence-electron chi connectivity index (χ2n) is 5.30. The van der Waals surface area contributed by atoms with Crippen LogP contribution in [0.25, 0.3) is 11.0 Å². The van der Waals surface area contributed by atoms with Crippen LogP contribution < -0.4 is 5.32 Å². The van der Waals surface area contributed by atoms with Crippen LogP contribution in [0.15, 0.2) is 18.2 Å². The van der Waals surface area contributed by atoms with Gasteiger partial charge in [-0.1, -0.05) is 11.6 Å². The highest BCUT2D eigenvalue weighted by molar-refractivity contribution is 7.99. The number of imidazole rings is 1. The second-order valence-corrected chi connectivity index (χ2v) is 6.81. The van der Waals surface area contributed by atoms with Crippen LogP contribution in [0.2, 0.25) is 5.02 Å². The smallest absolute Gasteiger partial charge is 0.126 e. The molecule has 1 aromatic heterocycles. The molecule has 1 heterocycles. The molecule has 0 spiro atoms. The molecule has 0 radical (unpaired) electrons. The van der Waals surface area contributed by atoms with Crippen molar-refractivity contribution in [2.24, 2.45) is 7.05 Å². The van der Waals surface area contributed by atoms with Gasteiger partial charge in [0.15, 0.2) is 0 Å². The molecule has 0 bridgehead atoms. The number of rotatable bonds is 6. The summed E-state index contributed by atoms with van der Waals surface area (Å²) in [6.45, 7) is 4.35. The zero-order chi connectivity index (χ0) is 15.6. The number of fused-ring (bicyclic) bond motifs is 1. The molecule has 0 amide bonds. The van der Waals surface area contributed by atoms with Gasteiger partial charge in [0.2, 0.25) is 0 Å². The Labute approximate surface area is 134 Å². The first-order chi connectivity index (χ1) is 9.97. The third-order valence-electron chi connectivity index (χ3n) is 3.82. The Morgan fingerprint density at radius 1 is 1.43 bits per heavy atom. The molecule has 3 atom stereocenters. The van der Waals surface area contributed by atoms with Crippen LogP contribution >= 0.6 is 23.4 Å². The molecule has 0 saturated heterocycles. The Bertz CT molecular complexity index is 612. The van der Waals surface area contributed by atoms with Crippen molar-refractivity contribution in [2.75, 3.05) is 12.9 Å². The standard InChI is InChI=1S/C15H22ClN3OS/c1-9(14(8-20)21-4)17-10(2)15-18-12-7-11(16)5-6-13(12)19(15)3/h5-7,9-10,14,17,20H,8H2,1-4H3/t9-,10+,14+/m0/s1. The fourth-order valence-corrected chi connectivity index (χ4v) is 3.39. The van der Waals surface area contributed by atoms with Crippen LogP contribution in [0.1, 0.15) is 25.7 Å². The minimum atomic E-state index is 0.0948. The number of aryl methyl sites for hydroxylation is 1. The summed E-state index contributed by atoms with van der Waals surface area (Å²) >= 11 is 7.70. The number of thioether (sulfide) groups is 1. The van der Waals surface area contributed by atoms with E-state index in [4.69, 9.17) is 11.6 Å². The summed E-state index contributed by atoms with van der Waals surface area (Å²) < 4.78 is 2.09. The van der Waals surface area contributed by atoms with E-state index in [0.717, 1.165) is 16.9 Å². The lowest BCUT2D eigenvalue weighted by molar-refractivity contribution is 0.270. The van der Waals surface area contributed by atoms with E-state index < -0.39 is 0 Å². The first kappa shape index (κ1) is 16.6. The fourth-order valence-electron chi connectivity index (χ4n) is 2.59. The Morgan fingerprint density at radius 2 is 2.14 bits per heavy atom. The third kappa shape index (κ3) is 3.54. The molecule has 2 rings (SSSR count). The summed E-state index contributed by atoms with van der Waals surface area (Å²) in [4.78, 5) is 4.68. The normalized spacial score (nSPS) is 16.1. The van der Waals surface area contributed by atoms with Crippen LogP contribution in [0.4, 0.5) is 0 Å². The highest BCUT2D eigenvalue weighted by atomic mass is 35.5. The van der Waals surface area contributed by atoms with Gasteiger partial charge in [-0.2, -0.15) is 11.8 Å². The molecular weight excluding hydrogens is 306 g/mol. The Hall–Kier alpha value is -0.750. The fraction of sp³-hybridized carbons (Fsp3) is 0.533. The maximum Gasteiger partial charge on any atom is 0.126 e. The number of aromatic nitrogens is 2. The van der Waals surface area contributed by atoms with Crippen LogP contribution in [-0.4, -0.2) is 38.8 Å². The van der Waals surface area contributed by atoms with Crippen molar-refractivity contribution in [1.82, 2.24) is 14.9 Å². The molecule has 1 aromatic carbocycles. The molecule has 4 nitrogen and oxygen atoms in total. The molecule has 0 saturated carbocycles. The summed E-state index contributed by atoms with van der Waals surface area (Å²) in [6, 6.07) is 6.05. The molecule has 0 fully saturated rings. The summed E-state index contributed by atoms with van der Waals surface area (Å²) in [7, 11) is 2.01. The Morgan fingerprint density at radius 3 is 2.76 bits per heavy atom. The van der Waals surface area contributed by atoms with E-state index in [1.165, 1.54) is 0 Å². The SMILES string of the molecule is CS[C@H](CO)[C@H](C)N[C@H](C)c1nc2cc(Cl)ccc2n1C. The molecule has 0 aliphatic heterocycles. The number of nitrogens with zero attached hydrogens (tertiary/aromatic N) is 2. The predicted octanol–water partition coefficient (Wildman–Crippen LogP) is 2.99. The highest BCUT2D eigenvalue weighted by Gasteiger charge is 2.21. The van der Waals surface area contributed by atoms with Gasteiger partial charge in [-0.3, -0.25) is 0 Å². The minimum Gasteiger partial charge on any atom is -0.395 e. The summed E-state index contributed by atoms with van der Waals surface area (Å²) in [5.74, 6) is 0.969. The van der Waals surface area contributed by atoms with Crippen molar-refractivity contribution >= 4 is 34.4 Å². The van der Waals surface area contributed by atoms with Gasteiger partial charge in [-0.15, -0.1) is 0 Å². The van der Waals surface area contributed by atoms with Crippen molar-refractivity contribution in [3.63, 3.8) is 0 Å². The third-order valence-corrected chi connectivity index (χ3v) is 5.22. The Kier molecular flexibility index (Phi) is 5.54. The lowest BCUT2D eigenvalue weighted by atomic mass is 10.2.